The first-order valence-electron chi connectivity index (χ1n) is 7.48. The standard InChI is InChI=1S/C18H23NO3/c1-15-13-17(22-14-16-5-3-2-4-6-16)7-8-18(15)19(9-11-20)10-12-21/h2-8,13,20-21H,9-12,14H2,1H3. The van der Waals surface area contributed by atoms with Crippen LogP contribution < -0.4 is 9.64 Å². The van der Waals surface area contributed by atoms with Gasteiger partial charge in [-0.2, -0.15) is 0 Å². The molecule has 0 atom stereocenters. The molecule has 0 saturated heterocycles. The molecule has 2 N–H and O–H groups in total. The topological polar surface area (TPSA) is 52.9 Å². The summed E-state index contributed by atoms with van der Waals surface area (Å²) in [6.45, 7) is 3.68. The fraction of sp³-hybridized carbons (Fsp3) is 0.333. The van der Waals surface area contributed by atoms with Crippen molar-refractivity contribution in [1.82, 2.24) is 0 Å². The summed E-state index contributed by atoms with van der Waals surface area (Å²) in [5, 5.41) is 18.3. The smallest absolute Gasteiger partial charge is 0.120 e. The van der Waals surface area contributed by atoms with Crippen molar-refractivity contribution in [3.8, 4) is 5.75 Å². The molecule has 0 aliphatic rings. The Morgan fingerprint density at radius 1 is 0.955 bits per heavy atom. The monoisotopic (exact) mass is 301 g/mol. The van der Waals surface area contributed by atoms with Crippen molar-refractivity contribution in [1.29, 1.82) is 0 Å². The highest BCUT2D eigenvalue weighted by Crippen LogP contribution is 2.25. The SMILES string of the molecule is Cc1cc(OCc2ccccc2)ccc1N(CCO)CCO. The van der Waals surface area contributed by atoms with E-state index in [9.17, 15) is 0 Å². The van der Waals surface area contributed by atoms with E-state index in [1.165, 1.54) is 0 Å². The van der Waals surface area contributed by atoms with E-state index in [0.29, 0.717) is 19.7 Å². The fourth-order valence-corrected chi connectivity index (χ4v) is 2.41. The van der Waals surface area contributed by atoms with Crippen molar-refractivity contribution in [3.63, 3.8) is 0 Å². The summed E-state index contributed by atoms with van der Waals surface area (Å²) >= 11 is 0. The van der Waals surface area contributed by atoms with Crippen LogP contribution in [0.3, 0.4) is 0 Å². The highest BCUT2D eigenvalue weighted by atomic mass is 16.5. The number of ether oxygens (including phenoxy) is 1. The molecule has 0 heterocycles. The van der Waals surface area contributed by atoms with E-state index in [1.54, 1.807) is 0 Å². The molecule has 4 nitrogen and oxygen atoms in total. The summed E-state index contributed by atoms with van der Waals surface area (Å²) in [5.74, 6) is 0.818. The molecule has 118 valence electrons. The highest BCUT2D eigenvalue weighted by Gasteiger charge is 2.09. The van der Waals surface area contributed by atoms with Gasteiger partial charge in [-0.1, -0.05) is 30.3 Å². The molecule has 2 aromatic carbocycles. The highest BCUT2D eigenvalue weighted by molar-refractivity contribution is 5.55. The average molecular weight is 301 g/mol. The third kappa shape index (κ3) is 4.48. The number of benzene rings is 2. The first-order chi connectivity index (χ1) is 10.7. The molecule has 0 radical (unpaired) electrons. The molecule has 0 spiro atoms. The average Bonchev–Trinajstić information content (AvgIpc) is 2.54. The molecule has 0 bridgehead atoms. The number of anilines is 1. The molecule has 22 heavy (non-hydrogen) atoms. The molecule has 2 rings (SSSR count). The Morgan fingerprint density at radius 3 is 2.23 bits per heavy atom. The molecule has 0 unspecified atom stereocenters. The molecule has 0 amide bonds. The van der Waals surface area contributed by atoms with Crippen LogP contribution in [0.4, 0.5) is 5.69 Å². The molecule has 0 aliphatic carbocycles. The van der Waals surface area contributed by atoms with Gasteiger partial charge in [-0.15, -0.1) is 0 Å². The summed E-state index contributed by atoms with van der Waals surface area (Å²) in [6.07, 6.45) is 0. The van der Waals surface area contributed by atoms with Crippen molar-refractivity contribution in [2.45, 2.75) is 13.5 Å². The maximum Gasteiger partial charge on any atom is 0.120 e. The lowest BCUT2D eigenvalue weighted by molar-refractivity contribution is 0.281. The third-order valence-corrected chi connectivity index (χ3v) is 3.50. The van der Waals surface area contributed by atoms with Crippen LogP contribution in [0.2, 0.25) is 0 Å². The van der Waals surface area contributed by atoms with Crippen molar-refractivity contribution in [3.05, 3.63) is 59.7 Å². The van der Waals surface area contributed by atoms with Gasteiger partial charge >= 0.3 is 0 Å². The van der Waals surface area contributed by atoms with E-state index < -0.39 is 0 Å². The van der Waals surface area contributed by atoms with E-state index in [4.69, 9.17) is 14.9 Å². The number of nitrogens with zero attached hydrogens (tertiary/aromatic N) is 1. The van der Waals surface area contributed by atoms with Crippen molar-refractivity contribution < 1.29 is 14.9 Å². The molecular formula is C18H23NO3. The lowest BCUT2D eigenvalue weighted by atomic mass is 10.1. The van der Waals surface area contributed by atoms with E-state index in [-0.39, 0.29) is 13.2 Å². The Kier molecular flexibility index (Phi) is 6.25. The van der Waals surface area contributed by atoms with Crippen LogP contribution in [0.1, 0.15) is 11.1 Å². The van der Waals surface area contributed by atoms with Gasteiger partial charge in [-0.25, -0.2) is 0 Å². The Balaban J connectivity index is 2.05. The zero-order valence-electron chi connectivity index (χ0n) is 12.9. The zero-order valence-corrected chi connectivity index (χ0v) is 12.9. The number of aliphatic hydroxyl groups is 2. The lowest BCUT2D eigenvalue weighted by Crippen LogP contribution is -2.30. The number of hydrogen-bond donors (Lipinski definition) is 2. The molecular weight excluding hydrogens is 278 g/mol. The van der Waals surface area contributed by atoms with Gasteiger partial charge < -0.3 is 19.8 Å². The van der Waals surface area contributed by atoms with Crippen molar-refractivity contribution in [2.24, 2.45) is 0 Å². The first kappa shape index (κ1) is 16.3. The summed E-state index contributed by atoms with van der Waals surface area (Å²) in [7, 11) is 0. The second-order valence-electron chi connectivity index (χ2n) is 5.16. The number of hydrogen-bond acceptors (Lipinski definition) is 4. The first-order valence-corrected chi connectivity index (χ1v) is 7.48. The molecule has 4 heteroatoms. The molecule has 2 aromatic rings. The minimum absolute atomic E-state index is 0.0612. The van der Waals surface area contributed by atoms with Gasteiger partial charge in [-0.05, 0) is 36.2 Å². The van der Waals surface area contributed by atoms with Crippen LogP contribution in [0.25, 0.3) is 0 Å². The Hall–Kier alpha value is -2.04. The molecule has 0 aromatic heterocycles. The quantitative estimate of drug-likeness (QED) is 0.786. The van der Waals surface area contributed by atoms with Gasteiger partial charge in [0, 0.05) is 18.8 Å². The van der Waals surface area contributed by atoms with Crippen molar-refractivity contribution in [2.75, 3.05) is 31.2 Å². The maximum atomic E-state index is 9.13. The van der Waals surface area contributed by atoms with Gasteiger partial charge in [0.1, 0.15) is 12.4 Å². The zero-order chi connectivity index (χ0) is 15.8. The number of aryl methyl sites for hydroxylation is 1. The van der Waals surface area contributed by atoms with Gasteiger partial charge in [0.25, 0.3) is 0 Å². The lowest BCUT2D eigenvalue weighted by Gasteiger charge is -2.25. The molecule has 0 fully saturated rings. The summed E-state index contributed by atoms with van der Waals surface area (Å²) in [6, 6.07) is 15.9. The predicted octanol–water partition coefficient (Wildman–Crippen LogP) is 2.37. The van der Waals surface area contributed by atoms with Gasteiger partial charge in [0.15, 0.2) is 0 Å². The Bertz CT molecular complexity index is 566. The van der Waals surface area contributed by atoms with Gasteiger partial charge in [0.2, 0.25) is 0 Å². The van der Waals surface area contributed by atoms with E-state index >= 15 is 0 Å². The van der Waals surface area contributed by atoms with Crippen LogP contribution in [0.5, 0.6) is 5.75 Å². The second kappa shape index (κ2) is 8.41. The minimum atomic E-state index is 0.0612. The second-order valence-corrected chi connectivity index (χ2v) is 5.16. The Morgan fingerprint density at radius 2 is 1.64 bits per heavy atom. The van der Waals surface area contributed by atoms with Crippen LogP contribution in [0.15, 0.2) is 48.5 Å². The minimum Gasteiger partial charge on any atom is -0.489 e. The molecule has 0 aliphatic heterocycles. The van der Waals surface area contributed by atoms with E-state index in [1.807, 2.05) is 60.4 Å². The summed E-state index contributed by atoms with van der Waals surface area (Å²) in [4.78, 5) is 1.97. The normalized spacial score (nSPS) is 10.5. The number of rotatable bonds is 8. The van der Waals surface area contributed by atoms with Crippen LogP contribution in [0, 0.1) is 6.92 Å². The van der Waals surface area contributed by atoms with Gasteiger partial charge in [0.05, 0.1) is 13.2 Å². The fourth-order valence-electron chi connectivity index (χ4n) is 2.41. The Labute approximate surface area is 131 Å². The van der Waals surface area contributed by atoms with E-state index in [0.717, 1.165) is 22.6 Å². The third-order valence-electron chi connectivity index (χ3n) is 3.50. The largest absolute Gasteiger partial charge is 0.489 e. The summed E-state index contributed by atoms with van der Waals surface area (Å²) in [5.41, 5.74) is 3.20. The van der Waals surface area contributed by atoms with Crippen LogP contribution in [-0.2, 0) is 6.61 Å². The molecule has 0 saturated carbocycles. The van der Waals surface area contributed by atoms with Crippen LogP contribution >= 0.6 is 0 Å². The van der Waals surface area contributed by atoms with Crippen LogP contribution in [-0.4, -0.2) is 36.5 Å². The predicted molar refractivity (Wildman–Crippen MR) is 88.3 cm³/mol. The number of aliphatic hydroxyl groups excluding tert-OH is 2. The van der Waals surface area contributed by atoms with Gasteiger partial charge in [-0.3, -0.25) is 0 Å². The van der Waals surface area contributed by atoms with Crippen molar-refractivity contribution >= 4 is 5.69 Å². The van der Waals surface area contributed by atoms with E-state index in [2.05, 4.69) is 0 Å². The summed E-state index contributed by atoms with van der Waals surface area (Å²) < 4.78 is 5.81. The maximum absolute atomic E-state index is 9.13.